The Morgan fingerprint density at radius 3 is 2.15 bits per heavy atom. The van der Waals surface area contributed by atoms with Gasteiger partial charge in [0.1, 0.15) is 0 Å². The molecule has 0 amide bonds. The summed E-state index contributed by atoms with van der Waals surface area (Å²) in [5.41, 5.74) is 0. The Morgan fingerprint density at radius 2 is 1.60 bits per heavy atom. The number of rotatable bonds is 9. The zero-order chi connectivity index (χ0) is 14.8. The van der Waals surface area contributed by atoms with Crippen LogP contribution in [0.3, 0.4) is 0 Å². The van der Waals surface area contributed by atoms with Crippen LogP contribution >= 0.6 is 0 Å². The van der Waals surface area contributed by atoms with Gasteiger partial charge in [0.05, 0.1) is 0 Å². The van der Waals surface area contributed by atoms with Crippen molar-refractivity contribution in [3.05, 3.63) is 0 Å². The highest BCUT2D eigenvalue weighted by molar-refractivity contribution is 4.72. The molecule has 0 aromatic carbocycles. The number of hydrogen-bond donors (Lipinski definition) is 1. The molecule has 1 rings (SSSR count). The van der Waals surface area contributed by atoms with Gasteiger partial charge in [-0.2, -0.15) is 0 Å². The molecule has 1 fully saturated rings. The van der Waals surface area contributed by atoms with E-state index in [4.69, 9.17) is 0 Å². The highest BCUT2D eigenvalue weighted by Crippen LogP contribution is 2.16. The first-order chi connectivity index (χ1) is 9.58. The lowest BCUT2D eigenvalue weighted by atomic mass is 10.1. The Bertz CT molecular complexity index is 220. The Balaban J connectivity index is 2.21. The summed E-state index contributed by atoms with van der Waals surface area (Å²) in [6.07, 6.45) is 8.52. The molecule has 0 aliphatic heterocycles. The minimum absolute atomic E-state index is 0.759. The summed E-state index contributed by atoms with van der Waals surface area (Å²) < 4.78 is 0. The standard InChI is InChI=1S/C17H37N3/c1-16(2)15-20(14-13-19(3)4)12-11-18-17-9-7-5-6-8-10-17/h16-18H,5-15H2,1-4H3. The summed E-state index contributed by atoms with van der Waals surface area (Å²) in [5, 5.41) is 3.80. The first kappa shape index (κ1) is 17.9. The first-order valence-corrected chi connectivity index (χ1v) is 8.68. The fourth-order valence-corrected chi connectivity index (χ4v) is 3.06. The van der Waals surface area contributed by atoms with Gasteiger partial charge in [0.25, 0.3) is 0 Å². The molecule has 0 saturated heterocycles. The predicted octanol–water partition coefficient (Wildman–Crippen LogP) is 2.82. The van der Waals surface area contributed by atoms with Crippen molar-refractivity contribution in [1.29, 1.82) is 0 Å². The molecular formula is C17H37N3. The molecule has 0 unspecified atom stereocenters. The normalized spacial score (nSPS) is 18.1. The van der Waals surface area contributed by atoms with Crippen LogP contribution in [0.1, 0.15) is 52.4 Å². The highest BCUT2D eigenvalue weighted by atomic mass is 15.2. The number of likely N-dealkylation sites (N-methyl/N-ethyl adjacent to an activating group) is 1. The van der Waals surface area contributed by atoms with Gasteiger partial charge >= 0.3 is 0 Å². The molecule has 3 heteroatoms. The molecule has 0 bridgehead atoms. The molecule has 1 aliphatic rings. The molecule has 0 aromatic heterocycles. The maximum Gasteiger partial charge on any atom is 0.0110 e. The van der Waals surface area contributed by atoms with Crippen molar-refractivity contribution in [2.24, 2.45) is 5.92 Å². The number of nitrogens with zero attached hydrogens (tertiary/aromatic N) is 2. The van der Waals surface area contributed by atoms with E-state index in [1.165, 1.54) is 58.2 Å². The summed E-state index contributed by atoms with van der Waals surface area (Å²) in [6, 6.07) is 0.784. The maximum atomic E-state index is 3.80. The summed E-state index contributed by atoms with van der Waals surface area (Å²) in [6.45, 7) is 10.6. The largest absolute Gasteiger partial charge is 0.313 e. The molecule has 0 aromatic rings. The fourth-order valence-electron chi connectivity index (χ4n) is 3.06. The van der Waals surface area contributed by atoms with E-state index in [9.17, 15) is 0 Å². The van der Waals surface area contributed by atoms with E-state index in [1.807, 2.05) is 0 Å². The molecule has 0 atom stereocenters. The lowest BCUT2D eigenvalue weighted by Gasteiger charge is -2.27. The van der Waals surface area contributed by atoms with Crippen LogP contribution in [-0.4, -0.2) is 62.7 Å². The fraction of sp³-hybridized carbons (Fsp3) is 1.00. The van der Waals surface area contributed by atoms with Crippen molar-refractivity contribution in [2.75, 3.05) is 46.8 Å². The van der Waals surface area contributed by atoms with Gasteiger partial charge in [-0.3, -0.25) is 0 Å². The molecule has 20 heavy (non-hydrogen) atoms. The summed E-state index contributed by atoms with van der Waals surface area (Å²) in [4.78, 5) is 4.90. The van der Waals surface area contributed by atoms with E-state index in [0.29, 0.717) is 0 Å². The molecule has 0 heterocycles. The smallest absolute Gasteiger partial charge is 0.0110 e. The van der Waals surface area contributed by atoms with Crippen molar-refractivity contribution in [3.8, 4) is 0 Å². The van der Waals surface area contributed by atoms with Crippen molar-refractivity contribution < 1.29 is 0 Å². The van der Waals surface area contributed by atoms with Gasteiger partial charge in [-0.05, 0) is 32.9 Å². The molecule has 0 radical (unpaired) electrons. The average Bonchev–Trinajstić information content (AvgIpc) is 2.63. The van der Waals surface area contributed by atoms with Gasteiger partial charge in [0, 0.05) is 38.8 Å². The van der Waals surface area contributed by atoms with Crippen molar-refractivity contribution in [2.45, 2.75) is 58.4 Å². The van der Waals surface area contributed by atoms with Gasteiger partial charge in [-0.25, -0.2) is 0 Å². The van der Waals surface area contributed by atoms with Gasteiger partial charge in [0.15, 0.2) is 0 Å². The molecule has 1 saturated carbocycles. The van der Waals surface area contributed by atoms with Gasteiger partial charge in [0.2, 0.25) is 0 Å². The lowest BCUT2D eigenvalue weighted by molar-refractivity contribution is 0.216. The van der Waals surface area contributed by atoms with E-state index in [-0.39, 0.29) is 0 Å². The predicted molar refractivity (Wildman–Crippen MR) is 89.3 cm³/mol. The van der Waals surface area contributed by atoms with Crippen LogP contribution in [0.15, 0.2) is 0 Å². The van der Waals surface area contributed by atoms with E-state index in [0.717, 1.165) is 25.0 Å². The zero-order valence-electron chi connectivity index (χ0n) is 14.3. The van der Waals surface area contributed by atoms with Crippen LogP contribution in [0.2, 0.25) is 0 Å². The highest BCUT2D eigenvalue weighted by Gasteiger charge is 2.12. The second kappa shape index (κ2) is 10.6. The molecule has 120 valence electrons. The summed E-state index contributed by atoms with van der Waals surface area (Å²) in [7, 11) is 4.33. The number of hydrogen-bond acceptors (Lipinski definition) is 3. The average molecular weight is 284 g/mol. The second-order valence-electron chi connectivity index (χ2n) is 7.14. The van der Waals surface area contributed by atoms with Crippen LogP contribution in [0, 0.1) is 5.92 Å². The second-order valence-corrected chi connectivity index (χ2v) is 7.14. The minimum atomic E-state index is 0.759. The van der Waals surface area contributed by atoms with Crippen molar-refractivity contribution in [1.82, 2.24) is 15.1 Å². The van der Waals surface area contributed by atoms with Crippen LogP contribution in [0.5, 0.6) is 0 Å². The van der Waals surface area contributed by atoms with Gasteiger partial charge < -0.3 is 15.1 Å². The SMILES string of the molecule is CC(C)CN(CCNC1CCCCCC1)CCN(C)C. The zero-order valence-corrected chi connectivity index (χ0v) is 14.3. The van der Waals surface area contributed by atoms with Crippen LogP contribution < -0.4 is 5.32 Å². The number of nitrogens with one attached hydrogen (secondary N) is 1. The topological polar surface area (TPSA) is 18.5 Å². The third kappa shape index (κ3) is 8.93. The molecule has 1 aliphatic carbocycles. The van der Waals surface area contributed by atoms with Crippen LogP contribution in [0.25, 0.3) is 0 Å². The third-order valence-corrected chi connectivity index (χ3v) is 4.20. The molecule has 3 nitrogen and oxygen atoms in total. The van der Waals surface area contributed by atoms with Crippen LogP contribution in [0.4, 0.5) is 0 Å². The Labute approximate surface area is 127 Å². The monoisotopic (exact) mass is 283 g/mol. The Hall–Kier alpha value is -0.120. The van der Waals surface area contributed by atoms with E-state index in [2.05, 4.69) is 43.1 Å². The van der Waals surface area contributed by atoms with E-state index < -0.39 is 0 Å². The van der Waals surface area contributed by atoms with Crippen LogP contribution in [-0.2, 0) is 0 Å². The molecule has 1 N–H and O–H groups in total. The van der Waals surface area contributed by atoms with Gasteiger partial charge in [-0.15, -0.1) is 0 Å². The van der Waals surface area contributed by atoms with Crippen molar-refractivity contribution >= 4 is 0 Å². The first-order valence-electron chi connectivity index (χ1n) is 8.68. The summed E-state index contributed by atoms with van der Waals surface area (Å²) in [5.74, 6) is 0.759. The lowest BCUT2D eigenvalue weighted by Crippen LogP contribution is -2.41. The Kier molecular flexibility index (Phi) is 9.49. The van der Waals surface area contributed by atoms with E-state index >= 15 is 0 Å². The Morgan fingerprint density at radius 1 is 0.950 bits per heavy atom. The maximum absolute atomic E-state index is 3.80. The summed E-state index contributed by atoms with van der Waals surface area (Å²) >= 11 is 0. The van der Waals surface area contributed by atoms with Crippen molar-refractivity contribution in [3.63, 3.8) is 0 Å². The van der Waals surface area contributed by atoms with Gasteiger partial charge in [-0.1, -0.05) is 39.5 Å². The quantitative estimate of drug-likeness (QED) is 0.657. The third-order valence-electron chi connectivity index (χ3n) is 4.20. The van der Waals surface area contributed by atoms with E-state index in [1.54, 1.807) is 0 Å². The minimum Gasteiger partial charge on any atom is -0.313 e. The molecular weight excluding hydrogens is 246 g/mol. The molecule has 0 spiro atoms.